The Morgan fingerprint density at radius 2 is 1.74 bits per heavy atom. The fourth-order valence-electron chi connectivity index (χ4n) is 3.82. The van der Waals surface area contributed by atoms with Crippen LogP contribution in [-0.4, -0.2) is 17.1 Å². The van der Waals surface area contributed by atoms with Crippen LogP contribution in [0.4, 0.5) is 5.69 Å². The van der Waals surface area contributed by atoms with Crippen molar-refractivity contribution in [1.29, 1.82) is 0 Å². The van der Waals surface area contributed by atoms with E-state index in [1.165, 1.54) is 18.2 Å². The average molecular weight is 413 g/mol. The minimum atomic E-state index is -0.742. The molecule has 1 atom stereocenters. The molecule has 0 radical (unpaired) electrons. The van der Waals surface area contributed by atoms with Gasteiger partial charge in [0.15, 0.2) is 11.5 Å². The molecule has 5 rings (SSSR count). The van der Waals surface area contributed by atoms with Crippen LogP contribution in [0.1, 0.15) is 12.0 Å². The summed E-state index contributed by atoms with van der Waals surface area (Å²) < 4.78 is 11.8. The Morgan fingerprint density at radius 1 is 0.968 bits per heavy atom. The lowest BCUT2D eigenvalue weighted by Crippen LogP contribution is -2.31. The van der Waals surface area contributed by atoms with Gasteiger partial charge in [-0.15, -0.1) is 0 Å². The summed E-state index contributed by atoms with van der Waals surface area (Å²) in [6.45, 7) is 0. The van der Waals surface area contributed by atoms with Crippen LogP contribution in [0.2, 0.25) is 0 Å². The summed E-state index contributed by atoms with van der Waals surface area (Å²) in [5.41, 5.74) is 2.40. The fraction of sp³-hybridized carbons (Fsp3) is 0.120. The van der Waals surface area contributed by atoms with Crippen LogP contribution < -0.4 is 15.5 Å². The molecule has 6 nitrogen and oxygen atoms in total. The number of amides is 1. The molecule has 0 saturated heterocycles. The summed E-state index contributed by atoms with van der Waals surface area (Å²) in [5.74, 6) is 0.129. The maximum Gasteiger partial charge on any atom is 0.265 e. The first-order valence-electron chi connectivity index (χ1n) is 10.0. The van der Waals surface area contributed by atoms with Crippen molar-refractivity contribution in [1.82, 2.24) is 0 Å². The summed E-state index contributed by atoms with van der Waals surface area (Å²) in [6.07, 6.45) is 0.412. The van der Waals surface area contributed by atoms with Crippen LogP contribution in [0.3, 0.4) is 0 Å². The van der Waals surface area contributed by atoms with E-state index in [1.54, 1.807) is 0 Å². The first-order chi connectivity index (χ1) is 15.1. The number of carbonyl (C=O) groups excluding carboxylic acids is 1. The number of rotatable bonds is 3. The van der Waals surface area contributed by atoms with Gasteiger partial charge in [-0.1, -0.05) is 48.5 Å². The number of anilines is 1. The predicted octanol–water partition coefficient (Wildman–Crippen LogP) is 4.50. The number of para-hydroxylation sites is 1. The minimum absolute atomic E-state index is 0.0738. The van der Waals surface area contributed by atoms with E-state index in [1.807, 2.05) is 54.6 Å². The number of ether oxygens (including phenoxy) is 1. The molecule has 1 unspecified atom stereocenters. The summed E-state index contributed by atoms with van der Waals surface area (Å²) in [6, 6.07) is 21.1. The van der Waals surface area contributed by atoms with Gasteiger partial charge in [0.2, 0.25) is 0 Å². The van der Waals surface area contributed by atoms with Gasteiger partial charge in [0.25, 0.3) is 5.91 Å². The highest BCUT2D eigenvalue weighted by atomic mass is 16.5. The Morgan fingerprint density at radius 3 is 2.58 bits per heavy atom. The van der Waals surface area contributed by atoms with Crippen LogP contribution in [-0.2, 0) is 11.2 Å². The van der Waals surface area contributed by atoms with Gasteiger partial charge in [0, 0.05) is 29.4 Å². The molecule has 6 heteroatoms. The number of benzene rings is 3. The second kappa shape index (κ2) is 7.65. The van der Waals surface area contributed by atoms with E-state index < -0.39 is 6.10 Å². The van der Waals surface area contributed by atoms with Crippen molar-refractivity contribution < 1.29 is 19.1 Å². The SMILES string of the molecule is O=C1Nc2ccccc2CCC1Oc1cc(O)c2c(=O)cc(-c3ccccc3)oc2c1. The zero-order chi connectivity index (χ0) is 21.4. The van der Waals surface area contributed by atoms with Crippen molar-refractivity contribution in [3.05, 3.63) is 88.6 Å². The maximum atomic E-state index is 12.7. The largest absolute Gasteiger partial charge is 0.507 e. The summed E-state index contributed by atoms with van der Waals surface area (Å²) in [5, 5.41) is 13.4. The van der Waals surface area contributed by atoms with Gasteiger partial charge < -0.3 is 19.6 Å². The highest BCUT2D eigenvalue weighted by Gasteiger charge is 2.26. The summed E-state index contributed by atoms with van der Waals surface area (Å²) in [4.78, 5) is 25.2. The molecule has 0 spiro atoms. The van der Waals surface area contributed by atoms with Gasteiger partial charge in [-0.25, -0.2) is 0 Å². The van der Waals surface area contributed by atoms with Gasteiger partial charge >= 0.3 is 0 Å². The zero-order valence-corrected chi connectivity index (χ0v) is 16.5. The van der Waals surface area contributed by atoms with Crippen LogP contribution >= 0.6 is 0 Å². The molecular formula is C25H19NO5. The van der Waals surface area contributed by atoms with Crippen molar-refractivity contribution in [2.75, 3.05) is 5.32 Å². The molecule has 0 saturated carbocycles. The second-order valence-corrected chi connectivity index (χ2v) is 7.45. The van der Waals surface area contributed by atoms with Crippen LogP contribution in [0.15, 0.2) is 82.0 Å². The standard InChI is InChI=1S/C25H19NO5/c27-19-12-17(30-21-11-10-15-6-4-5-9-18(15)26-25(21)29)13-23-24(19)20(28)14-22(31-23)16-7-2-1-3-8-16/h1-9,12-14,21,27H,10-11H2,(H,26,29). The molecule has 1 aliphatic heterocycles. The molecule has 1 aromatic heterocycles. The molecular weight excluding hydrogens is 394 g/mol. The van der Waals surface area contributed by atoms with Crippen LogP contribution in [0, 0.1) is 0 Å². The molecule has 4 aromatic rings. The first kappa shape index (κ1) is 18.9. The van der Waals surface area contributed by atoms with Crippen molar-refractivity contribution in [3.63, 3.8) is 0 Å². The van der Waals surface area contributed by atoms with E-state index in [9.17, 15) is 14.7 Å². The third kappa shape index (κ3) is 3.64. The second-order valence-electron chi connectivity index (χ2n) is 7.45. The number of carbonyl (C=O) groups is 1. The lowest BCUT2D eigenvalue weighted by molar-refractivity contribution is -0.122. The van der Waals surface area contributed by atoms with Crippen LogP contribution in [0.5, 0.6) is 11.5 Å². The van der Waals surface area contributed by atoms with E-state index in [4.69, 9.17) is 9.15 Å². The molecule has 0 bridgehead atoms. The third-order valence-electron chi connectivity index (χ3n) is 5.36. The van der Waals surface area contributed by atoms with E-state index in [2.05, 4.69) is 5.32 Å². The quantitative estimate of drug-likeness (QED) is 0.516. The summed E-state index contributed by atoms with van der Waals surface area (Å²) in [7, 11) is 0. The van der Waals surface area contributed by atoms with Crippen molar-refractivity contribution in [2.45, 2.75) is 18.9 Å². The zero-order valence-electron chi connectivity index (χ0n) is 16.5. The highest BCUT2D eigenvalue weighted by Crippen LogP contribution is 2.32. The van der Waals surface area contributed by atoms with E-state index in [0.29, 0.717) is 18.6 Å². The van der Waals surface area contributed by atoms with E-state index in [0.717, 1.165) is 16.8 Å². The number of hydrogen-bond acceptors (Lipinski definition) is 5. The molecule has 154 valence electrons. The first-order valence-corrected chi connectivity index (χ1v) is 10.0. The molecule has 31 heavy (non-hydrogen) atoms. The number of aromatic hydroxyl groups is 1. The molecule has 3 aromatic carbocycles. The number of fused-ring (bicyclic) bond motifs is 2. The smallest absolute Gasteiger partial charge is 0.265 e. The predicted molar refractivity (Wildman–Crippen MR) is 117 cm³/mol. The topological polar surface area (TPSA) is 88.8 Å². The number of phenols is 1. The Bertz CT molecular complexity index is 1340. The minimum Gasteiger partial charge on any atom is -0.507 e. The Hall–Kier alpha value is -4.06. The average Bonchev–Trinajstić information content (AvgIpc) is 2.92. The number of nitrogens with one attached hydrogen (secondary N) is 1. The lowest BCUT2D eigenvalue weighted by atomic mass is 10.1. The molecule has 2 heterocycles. The van der Waals surface area contributed by atoms with E-state index in [-0.39, 0.29) is 33.8 Å². The number of hydrogen-bond donors (Lipinski definition) is 2. The monoisotopic (exact) mass is 413 g/mol. The van der Waals surface area contributed by atoms with Gasteiger partial charge in [-0.2, -0.15) is 0 Å². The molecule has 1 aliphatic rings. The van der Waals surface area contributed by atoms with Crippen molar-refractivity contribution >= 4 is 22.6 Å². The third-order valence-corrected chi connectivity index (χ3v) is 5.36. The van der Waals surface area contributed by atoms with E-state index >= 15 is 0 Å². The molecule has 2 N–H and O–H groups in total. The Kier molecular flexibility index (Phi) is 4.67. The maximum absolute atomic E-state index is 12.7. The number of aryl methyl sites for hydroxylation is 1. The van der Waals surface area contributed by atoms with Gasteiger partial charge in [-0.05, 0) is 24.5 Å². The Labute approximate surface area is 177 Å². The van der Waals surface area contributed by atoms with Crippen LogP contribution in [0.25, 0.3) is 22.3 Å². The molecule has 0 aliphatic carbocycles. The van der Waals surface area contributed by atoms with Gasteiger partial charge in [-0.3, -0.25) is 9.59 Å². The normalized spacial score (nSPS) is 15.7. The highest BCUT2D eigenvalue weighted by molar-refractivity contribution is 5.96. The van der Waals surface area contributed by atoms with Crippen molar-refractivity contribution in [3.8, 4) is 22.8 Å². The van der Waals surface area contributed by atoms with Gasteiger partial charge in [0.05, 0.1) is 0 Å². The summed E-state index contributed by atoms with van der Waals surface area (Å²) >= 11 is 0. The number of phenolic OH excluding ortho intramolecular Hbond substituents is 1. The molecule has 0 fully saturated rings. The van der Waals surface area contributed by atoms with Gasteiger partial charge in [0.1, 0.15) is 28.2 Å². The fourth-order valence-corrected chi connectivity index (χ4v) is 3.82. The lowest BCUT2D eigenvalue weighted by Gasteiger charge is -2.16. The molecule has 1 amide bonds. The Balaban J connectivity index is 1.49. The van der Waals surface area contributed by atoms with Crippen molar-refractivity contribution in [2.24, 2.45) is 0 Å².